The van der Waals surface area contributed by atoms with E-state index in [4.69, 9.17) is 4.42 Å². The molecule has 4 N–H and O–H groups in total. The molecule has 0 saturated heterocycles. The number of amides is 2. The van der Waals surface area contributed by atoms with Gasteiger partial charge in [-0.2, -0.15) is 0 Å². The van der Waals surface area contributed by atoms with Crippen molar-refractivity contribution >= 4 is 28.8 Å². The van der Waals surface area contributed by atoms with Crippen molar-refractivity contribution in [2.24, 2.45) is 0 Å². The number of aliphatic carboxylic acids is 1. The van der Waals surface area contributed by atoms with E-state index in [-0.39, 0.29) is 29.7 Å². The summed E-state index contributed by atoms with van der Waals surface area (Å²) in [4.78, 5) is 50.7. The van der Waals surface area contributed by atoms with Crippen LogP contribution in [0.4, 0.5) is 0 Å². The van der Waals surface area contributed by atoms with Gasteiger partial charge in [-0.05, 0) is 29.3 Å². The predicted octanol–water partition coefficient (Wildman–Crippen LogP) is 2.65. The number of phenolic OH excluding ortho intramolecular Hbond substituents is 1. The summed E-state index contributed by atoms with van der Waals surface area (Å²) in [6, 6.07) is 20.7. The zero-order valence-corrected chi connectivity index (χ0v) is 19.6. The monoisotopic (exact) mass is 500 g/mol. The van der Waals surface area contributed by atoms with Gasteiger partial charge >= 0.3 is 11.6 Å². The maximum absolute atomic E-state index is 13.2. The molecule has 1 aromatic heterocycles. The number of carboxylic acids is 1. The number of aromatic hydroxyl groups is 1. The minimum absolute atomic E-state index is 0.0506. The summed E-state index contributed by atoms with van der Waals surface area (Å²) in [7, 11) is 0. The van der Waals surface area contributed by atoms with Gasteiger partial charge in [-0.15, -0.1) is 0 Å². The summed E-state index contributed by atoms with van der Waals surface area (Å²) < 4.78 is 5.16. The summed E-state index contributed by atoms with van der Waals surface area (Å²) in [5, 5.41) is 24.8. The lowest BCUT2D eigenvalue weighted by Gasteiger charge is -2.22. The molecular formula is C28H24N2O7. The van der Waals surface area contributed by atoms with Crippen molar-refractivity contribution in [2.45, 2.75) is 24.9 Å². The van der Waals surface area contributed by atoms with E-state index >= 15 is 0 Å². The quantitative estimate of drug-likeness (QED) is 0.259. The largest absolute Gasteiger partial charge is 0.508 e. The molecule has 1 heterocycles. The minimum atomic E-state index is -1.23. The number of rotatable bonds is 9. The fourth-order valence-electron chi connectivity index (χ4n) is 3.88. The van der Waals surface area contributed by atoms with Crippen LogP contribution in [-0.4, -0.2) is 40.1 Å². The lowest BCUT2D eigenvalue weighted by molar-refractivity contribution is -0.142. The molecule has 2 atom stereocenters. The summed E-state index contributed by atoms with van der Waals surface area (Å²) in [5.41, 5.74) is 0.271. The van der Waals surface area contributed by atoms with Crippen molar-refractivity contribution in [3.63, 3.8) is 0 Å². The van der Waals surface area contributed by atoms with Crippen molar-refractivity contribution in [3.05, 3.63) is 112 Å². The van der Waals surface area contributed by atoms with Crippen molar-refractivity contribution in [3.8, 4) is 5.75 Å². The van der Waals surface area contributed by atoms with Crippen molar-refractivity contribution in [1.29, 1.82) is 0 Å². The van der Waals surface area contributed by atoms with Crippen LogP contribution in [0.25, 0.3) is 11.0 Å². The maximum Gasteiger partial charge on any atom is 0.349 e. The van der Waals surface area contributed by atoms with Crippen LogP contribution in [0.2, 0.25) is 0 Å². The van der Waals surface area contributed by atoms with Gasteiger partial charge < -0.3 is 25.3 Å². The Hall–Kier alpha value is -4.92. The van der Waals surface area contributed by atoms with Crippen LogP contribution >= 0.6 is 0 Å². The molecule has 0 saturated carbocycles. The number of carboxylic acid groups (broad SMARTS) is 1. The number of hydrogen-bond acceptors (Lipinski definition) is 6. The molecule has 0 radical (unpaired) electrons. The molecule has 2 amide bonds. The molecule has 0 spiro atoms. The summed E-state index contributed by atoms with van der Waals surface area (Å²) >= 11 is 0. The van der Waals surface area contributed by atoms with Gasteiger partial charge in [0.25, 0.3) is 5.91 Å². The first kappa shape index (κ1) is 25.2. The number of carbonyl (C=O) groups excluding carboxylic acids is 2. The van der Waals surface area contributed by atoms with Crippen LogP contribution in [0.1, 0.15) is 21.5 Å². The fraction of sp³-hybridized carbons (Fsp3) is 0.143. The van der Waals surface area contributed by atoms with Gasteiger partial charge in [-0.3, -0.25) is 9.59 Å². The van der Waals surface area contributed by atoms with Crippen molar-refractivity contribution in [1.82, 2.24) is 10.6 Å². The fourth-order valence-corrected chi connectivity index (χ4v) is 3.88. The van der Waals surface area contributed by atoms with Gasteiger partial charge in [0.2, 0.25) is 5.91 Å². The van der Waals surface area contributed by atoms with E-state index in [2.05, 4.69) is 10.6 Å². The van der Waals surface area contributed by atoms with Gasteiger partial charge in [0, 0.05) is 24.3 Å². The van der Waals surface area contributed by atoms with Crippen LogP contribution in [0.5, 0.6) is 5.75 Å². The molecule has 0 aliphatic heterocycles. The summed E-state index contributed by atoms with van der Waals surface area (Å²) in [6.45, 7) is 0. The third-order valence-electron chi connectivity index (χ3n) is 5.77. The first-order chi connectivity index (χ1) is 17.8. The highest BCUT2D eigenvalue weighted by Crippen LogP contribution is 2.19. The van der Waals surface area contributed by atoms with E-state index in [1.165, 1.54) is 24.3 Å². The second-order valence-electron chi connectivity index (χ2n) is 8.47. The first-order valence-electron chi connectivity index (χ1n) is 11.5. The lowest BCUT2D eigenvalue weighted by atomic mass is 10.0. The zero-order valence-electron chi connectivity index (χ0n) is 19.6. The Morgan fingerprint density at radius 2 is 1.38 bits per heavy atom. The normalized spacial score (nSPS) is 12.4. The van der Waals surface area contributed by atoms with Crippen molar-refractivity contribution < 1.29 is 29.0 Å². The molecule has 9 heteroatoms. The lowest BCUT2D eigenvalue weighted by Crippen LogP contribution is -2.53. The third-order valence-corrected chi connectivity index (χ3v) is 5.77. The molecule has 4 aromatic rings. The second kappa shape index (κ2) is 11.2. The molecule has 9 nitrogen and oxygen atoms in total. The van der Waals surface area contributed by atoms with Gasteiger partial charge in [0.1, 0.15) is 29.0 Å². The number of phenols is 1. The molecule has 0 bridgehead atoms. The molecule has 0 aliphatic rings. The van der Waals surface area contributed by atoms with E-state index in [1.54, 1.807) is 60.7 Å². The number of fused-ring (bicyclic) bond motifs is 1. The van der Waals surface area contributed by atoms with Crippen LogP contribution < -0.4 is 16.3 Å². The molecule has 37 heavy (non-hydrogen) atoms. The van der Waals surface area contributed by atoms with E-state index in [0.717, 1.165) is 11.1 Å². The Kier molecular flexibility index (Phi) is 7.63. The molecular weight excluding hydrogens is 476 g/mol. The highest BCUT2D eigenvalue weighted by atomic mass is 16.4. The molecule has 4 rings (SSSR count). The van der Waals surface area contributed by atoms with E-state index < -0.39 is 35.5 Å². The van der Waals surface area contributed by atoms with Gasteiger partial charge in [0.05, 0.1) is 0 Å². The summed E-state index contributed by atoms with van der Waals surface area (Å²) in [6.07, 6.45) is 0.109. The third kappa shape index (κ3) is 6.40. The highest BCUT2D eigenvalue weighted by molar-refractivity contribution is 5.99. The Bertz CT molecular complexity index is 1480. The van der Waals surface area contributed by atoms with Crippen LogP contribution in [0.3, 0.4) is 0 Å². The molecule has 3 aromatic carbocycles. The molecule has 0 fully saturated rings. The number of carbonyl (C=O) groups is 3. The Morgan fingerprint density at radius 1 is 0.784 bits per heavy atom. The zero-order chi connectivity index (χ0) is 26.4. The van der Waals surface area contributed by atoms with Crippen LogP contribution in [0, 0.1) is 0 Å². The first-order valence-corrected chi connectivity index (χ1v) is 11.5. The Labute approximate surface area is 211 Å². The van der Waals surface area contributed by atoms with E-state index in [9.17, 15) is 29.4 Å². The molecule has 0 aliphatic carbocycles. The average molecular weight is 501 g/mol. The number of nitrogens with one attached hydrogen (secondary N) is 2. The molecule has 188 valence electrons. The summed E-state index contributed by atoms with van der Waals surface area (Å²) in [5.74, 6) is -2.89. The van der Waals surface area contributed by atoms with E-state index in [0.29, 0.717) is 5.39 Å². The number of benzene rings is 3. The van der Waals surface area contributed by atoms with Crippen LogP contribution in [-0.2, 0) is 22.4 Å². The SMILES string of the molecule is O=C(N[C@@H](Cc1ccccc1)C(=O)N[C@@H](Cc1ccccc1)C(=O)O)c1cc2ccc(O)cc2oc1=O. The maximum atomic E-state index is 13.2. The topological polar surface area (TPSA) is 146 Å². The smallest absolute Gasteiger partial charge is 0.349 e. The Balaban J connectivity index is 1.58. The second-order valence-corrected chi connectivity index (χ2v) is 8.47. The van der Waals surface area contributed by atoms with Crippen molar-refractivity contribution in [2.75, 3.05) is 0 Å². The number of hydrogen-bond donors (Lipinski definition) is 4. The standard InChI is InChI=1S/C28H24N2O7/c31-20-12-11-19-15-21(28(36)37-24(19)16-20)25(32)29-22(13-17-7-3-1-4-8-17)26(33)30-23(27(34)35)14-18-9-5-2-6-10-18/h1-12,15-16,22-23,31H,13-14H2,(H,29,32)(H,30,33)(H,34,35)/t22-,23-/m0/s1. The highest BCUT2D eigenvalue weighted by Gasteiger charge is 2.28. The van der Waals surface area contributed by atoms with Gasteiger partial charge in [-0.25, -0.2) is 9.59 Å². The molecule has 0 unspecified atom stereocenters. The predicted molar refractivity (Wildman–Crippen MR) is 135 cm³/mol. The van der Waals surface area contributed by atoms with Gasteiger partial charge in [0.15, 0.2) is 0 Å². The minimum Gasteiger partial charge on any atom is -0.508 e. The van der Waals surface area contributed by atoms with Crippen LogP contribution in [0.15, 0.2) is 94.1 Å². The average Bonchev–Trinajstić information content (AvgIpc) is 2.88. The van der Waals surface area contributed by atoms with Gasteiger partial charge in [-0.1, -0.05) is 60.7 Å². The Morgan fingerprint density at radius 3 is 1.97 bits per heavy atom. The van der Waals surface area contributed by atoms with E-state index in [1.807, 2.05) is 0 Å².